The van der Waals surface area contributed by atoms with Gasteiger partial charge in [0, 0.05) is 19.1 Å². The van der Waals surface area contributed by atoms with Crippen LogP contribution in [0.2, 0.25) is 5.02 Å². The Morgan fingerprint density at radius 2 is 2.09 bits per heavy atom. The summed E-state index contributed by atoms with van der Waals surface area (Å²) in [6.45, 7) is 3.84. The molecular formula is C17H18ClNO4. The van der Waals surface area contributed by atoms with E-state index in [-0.39, 0.29) is 22.5 Å². The first-order chi connectivity index (χ1) is 10.7. The van der Waals surface area contributed by atoms with E-state index in [1.165, 1.54) is 31.5 Å². The molecule has 1 aliphatic rings. The lowest BCUT2D eigenvalue weighted by Gasteiger charge is -2.28. The van der Waals surface area contributed by atoms with Crippen LogP contribution in [-0.2, 0) is 9.53 Å². The van der Waals surface area contributed by atoms with E-state index >= 15 is 0 Å². The van der Waals surface area contributed by atoms with E-state index < -0.39 is 5.97 Å². The van der Waals surface area contributed by atoms with E-state index in [1.54, 1.807) is 0 Å². The molecule has 1 N–H and O–H groups in total. The van der Waals surface area contributed by atoms with Crippen molar-refractivity contribution in [2.75, 3.05) is 7.11 Å². The summed E-state index contributed by atoms with van der Waals surface area (Å²) in [4.78, 5) is 27.8. The number of aliphatic imine (C=N–C) groups is 1. The Balaban J connectivity index is 2.33. The lowest BCUT2D eigenvalue weighted by atomic mass is 9.77. The number of nitrogens with zero attached hydrogens (tertiary/aromatic N) is 1. The number of carbonyl (C=O) groups excluding carboxylic acids is 2. The number of ether oxygens (including phenoxy) is 1. The molecule has 5 nitrogen and oxygen atoms in total. The topological polar surface area (TPSA) is 76.0 Å². The van der Waals surface area contributed by atoms with Crippen LogP contribution in [-0.4, -0.2) is 30.2 Å². The number of hydrogen-bond donors (Lipinski definition) is 1. The van der Waals surface area contributed by atoms with Gasteiger partial charge in [-0.2, -0.15) is 0 Å². The van der Waals surface area contributed by atoms with E-state index in [9.17, 15) is 14.7 Å². The average Bonchev–Trinajstić information content (AvgIpc) is 2.46. The average molecular weight is 336 g/mol. The molecule has 0 saturated heterocycles. The van der Waals surface area contributed by atoms with Crippen LogP contribution in [0.15, 0.2) is 34.5 Å². The van der Waals surface area contributed by atoms with Gasteiger partial charge in [-0.15, -0.1) is 0 Å². The summed E-state index contributed by atoms with van der Waals surface area (Å²) in [5, 5.41) is 10.4. The summed E-state index contributed by atoms with van der Waals surface area (Å²) in [6.07, 6.45) is 2.06. The van der Waals surface area contributed by atoms with E-state index in [0.717, 1.165) is 0 Å². The van der Waals surface area contributed by atoms with Crippen molar-refractivity contribution < 1.29 is 19.4 Å². The van der Waals surface area contributed by atoms with Gasteiger partial charge in [0.05, 0.1) is 29.0 Å². The Hall–Kier alpha value is -2.14. The smallest absolute Gasteiger partial charge is 0.337 e. The third-order valence-electron chi connectivity index (χ3n) is 3.60. The van der Waals surface area contributed by atoms with Gasteiger partial charge in [-0.1, -0.05) is 25.4 Å². The fourth-order valence-corrected chi connectivity index (χ4v) is 2.61. The molecular weight excluding hydrogens is 318 g/mol. The maximum atomic E-state index is 12.1. The molecule has 1 aromatic rings. The Bertz CT molecular complexity index is 719. The predicted molar refractivity (Wildman–Crippen MR) is 88.6 cm³/mol. The van der Waals surface area contributed by atoms with Crippen molar-refractivity contribution >= 4 is 35.3 Å². The van der Waals surface area contributed by atoms with Gasteiger partial charge in [0.25, 0.3) is 0 Å². The van der Waals surface area contributed by atoms with Crippen molar-refractivity contribution in [2.45, 2.75) is 26.7 Å². The lowest BCUT2D eigenvalue weighted by molar-refractivity contribution is -0.117. The predicted octanol–water partition coefficient (Wildman–Crippen LogP) is 4.03. The second-order valence-corrected chi connectivity index (χ2v) is 6.62. The molecule has 0 spiro atoms. The molecule has 0 unspecified atom stereocenters. The summed E-state index contributed by atoms with van der Waals surface area (Å²) in [7, 11) is 1.28. The number of benzene rings is 1. The molecule has 0 aliphatic heterocycles. The highest BCUT2D eigenvalue weighted by Gasteiger charge is 2.32. The Morgan fingerprint density at radius 1 is 1.39 bits per heavy atom. The highest BCUT2D eigenvalue weighted by molar-refractivity contribution is 6.33. The summed E-state index contributed by atoms with van der Waals surface area (Å²) in [6, 6.07) is 4.53. The minimum absolute atomic E-state index is 0.0234. The molecule has 6 heteroatoms. The number of allylic oxidation sites excluding steroid dienone is 2. The number of aliphatic hydroxyl groups excluding tert-OH is 1. The van der Waals surface area contributed by atoms with Crippen LogP contribution >= 0.6 is 11.6 Å². The summed E-state index contributed by atoms with van der Waals surface area (Å²) >= 11 is 6.05. The monoisotopic (exact) mass is 335 g/mol. The van der Waals surface area contributed by atoms with Crippen LogP contribution in [0.3, 0.4) is 0 Å². The third kappa shape index (κ3) is 3.99. The first-order valence-electron chi connectivity index (χ1n) is 7.11. The van der Waals surface area contributed by atoms with E-state index in [2.05, 4.69) is 9.73 Å². The molecule has 0 saturated carbocycles. The molecule has 1 aliphatic carbocycles. The molecule has 122 valence electrons. The Kier molecular flexibility index (Phi) is 4.90. The lowest BCUT2D eigenvalue weighted by Crippen LogP contribution is -2.26. The van der Waals surface area contributed by atoms with Crippen LogP contribution in [0.1, 0.15) is 37.0 Å². The molecule has 23 heavy (non-hydrogen) atoms. The highest BCUT2D eigenvalue weighted by Crippen LogP contribution is 2.35. The summed E-state index contributed by atoms with van der Waals surface area (Å²) in [5.74, 6) is -0.645. The van der Waals surface area contributed by atoms with Gasteiger partial charge >= 0.3 is 5.97 Å². The van der Waals surface area contributed by atoms with E-state index in [1.807, 2.05) is 13.8 Å². The SMILES string of the molecule is COC(=O)c1ccc(Cl)c(N=CC2=C(O)CC(C)(C)CC2=O)c1. The van der Waals surface area contributed by atoms with Crippen molar-refractivity contribution in [1.82, 2.24) is 0 Å². The molecule has 2 rings (SSSR count). The number of Topliss-reactive ketones (excluding diaryl/α,β-unsaturated/α-hetero) is 1. The maximum absolute atomic E-state index is 12.1. The number of esters is 1. The summed E-state index contributed by atoms with van der Waals surface area (Å²) < 4.78 is 4.65. The minimum atomic E-state index is -0.504. The first kappa shape index (κ1) is 17.2. The number of halogens is 1. The van der Waals surface area contributed by atoms with Crippen molar-refractivity contribution in [3.8, 4) is 0 Å². The fourth-order valence-electron chi connectivity index (χ4n) is 2.44. The van der Waals surface area contributed by atoms with Gasteiger partial charge in [-0.3, -0.25) is 9.79 Å². The number of ketones is 1. The number of rotatable bonds is 3. The first-order valence-corrected chi connectivity index (χ1v) is 7.48. The normalized spacial score (nSPS) is 17.7. The van der Waals surface area contributed by atoms with Crippen molar-refractivity contribution in [3.63, 3.8) is 0 Å². The zero-order valence-corrected chi connectivity index (χ0v) is 14.0. The van der Waals surface area contributed by atoms with Crippen molar-refractivity contribution in [3.05, 3.63) is 40.1 Å². The van der Waals surface area contributed by atoms with Gasteiger partial charge in [-0.05, 0) is 23.6 Å². The molecule has 0 atom stereocenters. The molecule has 0 fully saturated rings. The highest BCUT2D eigenvalue weighted by atomic mass is 35.5. The molecule has 0 amide bonds. The van der Waals surface area contributed by atoms with Gasteiger partial charge in [0.1, 0.15) is 5.76 Å². The van der Waals surface area contributed by atoms with E-state index in [0.29, 0.717) is 29.1 Å². The quantitative estimate of drug-likeness (QED) is 0.668. The van der Waals surface area contributed by atoms with Crippen LogP contribution < -0.4 is 0 Å². The fraction of sp³-hybridized carbons (Fsp3) is 0.353. The Morgan fingerprint density at radius 3 is 2.70 bits per heavy atom. The number of methoxy groups -OCH3 is 1. The second kappa shape index (κ2) is 6.54. The van der Waals surface area contributed by atoms with Crippen LogP contribution in [0.5, 0.6) is 0 Å². The molecule has 0 heterocycles. The van der Waals surface area contributed by atoms with Crippen LogP contribution in [0, 0.1) is 5.41 Å². The zero-order chi connectivity index (χ0) is 17.2. The standard InChI is InChI=1S/C17H18ClNO4/c1-17(2)7-14(20)11(15(21)8-17)9-19-13-6-10(16(22)23-3)4-5-12(13)18/h4-6,9,20H,7-8H2,1-3H3. The number of hydrogen-bond acceptors (Lipinski definition) is 5. The Labute approximate surface area is 139 Å². The second-order valence-electron chi connectivity index (χ2n) is 6.22. The maximum Gasteiger partial charge on any atom is 0.337 e. The molecule has 0 radical (unpaired) electrons. The van der Waals surface area contributed by atoms with Gasteiger partial charge in [0.15, 0.2) is 5.78 Å². The van der Waals surface area contributed by atoms with Crippen LogP contribution in [0.4, 0.5) is 5.69 Å². The largest absolute Gasteiger partial charge is 0.511 e. The molecule has 0 aromatic heterocycles. The number of aliphatic hydroxyl groups is 1. The third-order valence-corrected chi connectivity index (χ3v) is 3.92. The zero-order valence-electron chi connectivity index (χ0n) is 13.2. The molecule has 1 aromatic carbocycles. The summed E-state index contributed by atoms with van der Waals surface area (Å²) in [5.41, 5.74) is 0.552. The van der Waals surface area contributed by atoms with Gasteiger partial charge < -0.3 is 9.84 Å². The van der Waals surface area contributed by atoms with Crippen molar-refractivity contribution in [2.24, 2.45) is 10.4 Å². The number of carbonyl (C=O) groups is 2. The van der Waals surface area contributed by atoms with Gasteiger partial charge in [0.2, 0.25) is 0 Å². The minimum Gasteiger partial charge on any atom is -0.511 e. The van der Waals surface area contributed by atoms with Crippen LogP contribution in [0.25, 0.3) is 0 Å². The molecule has 0 bridgehead atoms. The van der Waals surface area contributed by atoms with E-state index in [4.69, 9.17) is 11.6 Å². The van der Waals surface area contributed by atoms with Crippen molar-refractivity contribution in [1.29, 1.82) is 0 Å². The van der Waals surface area contributed by atoms with Gasteiger partial charge in [-0.25, -0.2) is 4.79 Å².